The van der Waals surface area contributed by atoms with E-state index in [2.05, 4.69) is 4.98 Å². The zero-order chi connectivity index (χ0) is 14.0. The number of nitriles is 1. The fourth-order valence-corrected chi connectivity index (χ4v) is 2.83. The Labute approximate surface area is 115 Å². The molecule has 0 amide bonds. The molecule has 0 saturated carbocycles. The van der Waals surface area contributed by atoms with Crippen LogP contribution in [0.4, 0.5) is 0 Å². The van der Waals surface area contributed by atoms with Gasteiger partial charge in [-0.1, -0.05) is 11.8 Å². The molecule has 1 aromatic heterocycles. The van der Waals surface area contributed by atoms with Gasteiger partial charge in [-0.2, -0.15) is 5.26 Å². The highest BCUT2D eigenvalue weighted by Crippen LogP contribution is 2.25. The van der Waals surface area contributed by atoms with Gasteiger partial charge < -0.3 is 4.42 Å². The maximum atomic E-state index is 12.0. The minimum Gasteiger partial charge on any atom is -0.431 e. The molecule has 0 N–H and O–H groups in total. The molecule has 0 aliphatic rings. The van der Waals surface area contributed by atoms with E-state index in [0.29, 0.717) is 16.3 Å². The predicted molar refractivity (Wildman–Crippen MR) is 71.2 cm³/mol. The molecule has 0 spiro atoms. The molecule has 0 aliphatic carbocycles. The third-order valence-electron chi connectivity index (χ3n) is 2.38. The Bertz CT molecular complexity index is 744. The molecular weight excluding hydrogens is 286 g/mol. The van der Waals surface area contributed by atoms with Crippen LogP contribution in [0.15, 0.2) is 32.7 Å². The van der Waals surface area contributed by atoms with Gasteiger partial charge in [0.2, 0.25) is 10.0 Å². The van der Waals surface area contributed by atoms with Gasteiger partial charge in [-0.05, 0) is 18.2 Å². The van der Waals surface area contributed by atoms with Crippen molar-refractivity contribution in [3.05, 3.63) is 18.2 Å². The lowest BCUT2D eigenvalue weighted by atomic mass is 10.3. The molecule has 0 unspecified atom stereocenters. The number of nitrogens with zero attached hydrogens (tertiary/aromatic N) is 3. The number of thioether (sulfide) groups is 1. The summed E-state index contributed by atoms with van der Waals surface area (Å²) in [6.07, 6.45) is 0. The van der Waals surface area contributed by atoms with Gasteiger partial charge in [0.25, 0.3) is 5.22 Å². The third kappa shape index (κ3) is 2.73. The number of hydrogen-bond donors (Lipinski definition) is 0. The predicted octanol–water partition coefficient (Wildman–Crippen LogP) is 1.69. The number of hydrogen-bond acceptors (Lipinski definition) is 6. The highest BCUT2D eigenvalue weighted by molar-refractivity contribution is 7.99. The summed E-state index contributed by atoms with van der Waals surface area (Å²) < 4.78 is 30.5. The second kappa shape index (κ2) is 5.21. The SMILES string of the molecule is CN(C)S(=O)(=O)c1ccc2oc(SCC#N)nc2c1. The van der Waals surface area contributed by atoms with Crippen molar-refractivity contribution in [2.45, 2.75) is 10.1 Å². The van der Waals surface area contributed by atoms with Crippen LogP contribution in [0.2, 0.25) is 0 Å². The van der Waals surface area contributed by atoms with Crippen molar-refractivity contribution in [3.63, 3.8) is 0 Å². The van der Waals surface area contributed by atoms with Crippen LogP contribution >= 0.6 is 11.8 Å². The normalized spacial score (nSPS) is 11.9. The molecule has 0 aliphatic heterocycles. The molecule has 2 aromatic rings. The Morgan fingerprint density at radius 2 is 2.21 bits per heavy atom. The van der Waals surface area contributed by atoms with Gasteiger partial charge in [0, 0.05) is 14.1 Å². The van der Waals surface area contributed by atoms with E-state index in [0.717, 1.165) is 4.31 Å². The zero-order valence-corrected chi connectivity index (χ0v) is 12.0. The van der Waals surface area contributed by atoms with Crippen molar-refractivity contribution in [1.29, 1.82) is 5.26 Å². The standard InChI is InChI=1S/C11H11N3O3S2/c1-14(2)19(15,16)8-3-4-10-9(7-8)13-11(17-10)18-6-5-12/h3-4,7H,6H2,1-2H3. The largest absolute Gasteiger partial charge is 0.431 e. The van der Waals surface area contributed by atoms with E-state index in [1.54, 1.807) is 6.07 Å². The number of benzene rings is 1. The van der Waals surface area contributed by atoms with E-state index < -0.39 is 10.0 Å². The number of sulfonamides is 1. The second-order valence-corrected chi connectivity index (χ2v) is 6.92. The smallest absolute Gasteiger partial charge is 0.257 e. The molecule has 0 saturated heterocycles. The van der Waals surface area contributed by atoms with Crippen LogP contribution < -0.4 is 0 Å². The van der Waals surface area contributed by atoms with Crippen molar-refractivity contribution < 1.29 is 12.8 Å². The highest BCUT2D eigenvalue weighted by atomic mass is 32.2. The first-order valence-corrected chi connectivity index (χ1v) is 7.70. The molecular formula is C11H11N3O3S2. The van der Waals surface area contributed by atoms with E-state index in [9.17, 15) is 8.42 Å². The minimum atomic E-state index is -3.48. The highest BCUT2D eigenvalue weighted by Gasteiger charge is 2.18. The van der Waals surface area contributed by atoms with Gasteiger partial charge in [-0.15, -0.1) is 0 Å². The Kier molecular flexibility index (Phi) is 3.80. The Morgan fingerprint density at radius 3 is 2.84 bits per heavy atom. The lowest BCUT2D eigenvalue weighted by molar-refractivity contribution is 0.490. The Balaban J connectivity index is 2.44. The summed E-state index contributed by atoms with van der Waals surface area (Å²) >= 11 is 1.17. The zero-order valence-electron chi connectivity index (χ0n) is 10.3. The van der Waals surface area contributed by atoms with Gasteiger partial charge in [-0.25, -0.2) is 17.7 Å². The van der Waals surface area contributed by atoms with E-state index in [-0.39, 0.29) is 10.6 Å². The second-order valence-electron chi connectivity index (χ2n) is 3.84. The quantitative estimate of drug-likeness (QED) is 0.798. The van der Waals surface area contributed by atoms with Crippen molar-refractivity contribution in [3.8, 4) is 6.07 Å². The molecule has 0 bridgehead atoms. The first kappa shape index (κ1) is 13.9. The van der Waals surface area contributed by atoms with Crippen LogP contribution in [0.3, 0.4) is 0 Å². The maximum absolute atomic E-state index is 12.0. The molecule has 2 rings (SSSR count). The van der Waals surface area contributed by atoms with Crippen LogP contribution in [-0.4, -0.2) is 37.6 Å². The molecule has 8 heteroatoms. The van der Waals surface area contributed by atoms with Crippen molar-refractivity contribution in [1.82, 2.24) is 9.29 Å². The molecule has 0 fully saturated rings. The lowest BCUT2D eigenvalue weighted by Crippen LogP contribution is -2.22. The Hall–Kier alpha value is -1.56. The summed E-state index contributed by atoms with van der Waals surface area (Å²) in [5, 5.41) is 8.85. The topological polar surface area (TPSA) is 87.2 Å². The molecule has 1 aromatic carbocycles. The molecule has 6 nitrogen and oxygen atoms in total. The van der Waals surface area contributed by atoms with Crippen LogP contribution in [0.5, 0.6) is 0 Å². The molecule has 0 radical (unpaired) electrons. The molecule has 19 heavy (non-hydrogen) atoms. The van der Waals surface area contributed by atoms with Gasteiger partial charge in [0.05, 0.1) is 16.7 Å². The average molecular weight is 297 g/mol. The summed E-state index contributed by atoms with van der Waals surface area (Å²) in [6, 6.07) is 6.47. The van der Waals surface area contributed by atoms with E-state index in [4.69, 9.17) is 9.68 Å². The first-order chi connectivity index (χ1) is 8.95. The van der Waals surface area contributed by atoms with Gasteiger partial charge in [0.15, 0.2) is 5.58 Å². The third-order valence-corrected chi connectivity index (χ3v) is 4.88. The fraction of sp³-hybridized carbons (Fsp3) is 0.273. The van der Waals surface area contributed by atoms with Crippen LogP contribution in [-0.2, 0) is 10.0 Å². The monoisotopic (exact) mass is 297 g/mol. The summed E-state index contributed by atoms with van der Waals surface area (Å²) in [5.74, 6) is 0.232. The summed E-state index contributed by atoms with van der Waals surface area (Å²) in [4.78, 5) is 4.31. The maximum Gasteiger partial charge on any atom is 0.257 e. The number of rotatable bonds is 4. The lowest BCUT2D eigenvalue weighted by Gasteiger charge is -2.10. The van der Waals surface area contributed by atoms with E-state index in [1.165, 1.54) is 38.0 Å². The van der Waals surface area contributed by atoms with E-state index in [1.807, 2.05) is 6.07 Å². The van der Waals surface area contributed by atoms with E-state index >= 15 is 0 Å². The van der Waals surface area contributed by atoms with Gasteiger partial charge >= 0.3 is 0 Å². The summed E-state index contributed by atoms with van der Waals surface area (Å²) in [5.41, 5.74) is 0.960. The van der Waals surface area contributed by atoms with Gasteiger partial charge in [0.1, 0.15) is 5.52 Å². The van der Waals surface area contributed by atoms with Crippen LogP contribution in [0, 0.1) is 11.3 Å². The van der Waals surface area contributed by atoms with Gasteiger partial charge in [-0.3, -0.25) is 0 Å². The number of fused-ring (bicyclic) bond motifs is 1. The van der Waals surface area contributed by atoms with Crippen molar-refractivity contribution in [2.24, 2.45) is 0 Å². The Morgan fingerprint density at radius 1 is 1.47 bits per heavy atom. The van der Waals surface area contributed by atoms with Crippen molar-refractivity contribution in [2.75, 3.05) is 19.8 Å². The van der Waals surface area contributed by atoms with Crippen LogP contribution in [0.1, 0.15) is 0 Å². The molecule has 1 heterocycles. The summed E-state index contributed by atoms with van der Waals surface area (Å²) in [6.45, 7) is 0. The van der Waals surface area contributed by atoms with Crippen LogP contribution in [0.25, 0.3) is 11.1 Å². The van der Waals surface area contributed by atoms with Crippen molar-refractivity contribution >= 4 is 32.9 Å². The number of oxazole rings is 1. The first-order valence-electron chi connectivity index (χ1n) is 5.28. The average Bonchev–Trinajstić information content (AvgIpc) is 2.77. The molecule has 0 atom stereocenters. The fourth-order valence-electron chi connectivity index (χ4n) is 1.41. The summed E-state index contributed by atoms with van der Waals surface area (Å²) in [7, 11) is -0.546. The number of aromatic nitrogens is 1. The molecule has 100 valence electrons. The minimum absolute atomic E-state index is 0.162.